The van der Waals surface area contributed by atoms with Crippen LogP contribution in [0.4, 0.5) is 11.6 Å². The van der Waals surface area contributed by atoms with E-state index in [2.05, 4.69) is 54.4 Å². The Labute approximate surface area is 207 Å². The topological polar surface area (TPSA) is 108 Å². The van der Waals surface area contributed by atoms with Gasteiger partial charge in [-0.25, -0.2) is 15.0 Å². The number of hydrogen-bond acceptors (Lipinski definition) is 6. The number of carbonyl (C=O) groups excluding carboxylic acids is 1. The van der Waals surface area contributed by atoms with E-state index in [4.69, 9.17) is 11.6 Å². The van der Waals surface area contributed by atoms with Crippen molar-refractivity contribution in [2.24, 2.45) is 5.92 Å². The monoisotopic (exact) mass is 483 g/mol. The molecule has 8 nitrogen and oxygen atoms in total. The summed E-state index contributed by atoms with van der Waals surface area (Å²) < 4.78 is 2.07. The van der Waals surface area contributed by atoms with Crippen molar-refractivity contribution in [2.45, 2.75) is 37.6 Å². The summed E-state index contributed by atoms with van der Waals surface area (Å²) in [6, 6.07) is 13.3. The lowest BCUT2D eigenvalue weighted by Crippen LogP contribution is -2.16. The van der Waals surface area contributed by atoms with Gasteiger partial charge in [0.2, 0.25) is 5.91 Å². The molecule has 3 heterocycles. The molecular weight excluding hydrogens is 462 g/mol. The fourth-order valence-electron chi connectivity index (χ4n) is 4.50. The van der Waals surface area contributed by atoms with Gasteiger partial charge in [0, 0.05) is 29.4 Å². The van der Waals surface area contributed by atoms with E-state index >= 15 is 0 Å². The largest absolute Gasteiger partial charge is 0.364 e. The lowest BCUT2D eigenvalue weighted by atomic mass is 10.0. The van der Waals surface area contributed by atoms with Gasteiger partial charge in [-0.2, -0.15) is 5.26 Å². The second kappa shape index (κ2) is 8.67. The Morgan fingerprint density at radius 2 is 2.00 bits per heavy atom. The maximum absolute atomic E-state index is 12.8. The number of carbonyl (C=O) groups is 1. The summed E-state index contributed by atoms with van der Waals surface area (Å²) in [4.78, 5) is 25.9. The number of nitriles is 1. The molecule has 4 aromatic rings. The molecule has 0 spiro atoms. The van der Waals surface area contributed by atoms with Gasteiger partial charge in [0.05, 0.1) is 23.9 Å². The molecule has 2 aliphatic rings. The van der Waals surface area contributed by atoms with Gasteiger partial charge in [-0.15, -0.1) is 0 Å². The number of amides is 1. The summed E-state index contributed by atoms with van der Waals surface area (Å²) in [5.41, 5.74) is 4.56. The minimum Gasteiger partial charge on any atom is -0.364 e. The average Bonchev–Trinajstić information content (AvgIpc) is 3.79. The Morgan fingerprint density at radius 3 is 2.83 bits per heavy atom. The van der Waals surface area contributed by atoms with Gasteiger partial charge in [-0.3, -0.25) is 4.79 Å². The Bertz CT molecular complexity index is 1490. The van der Waals surface area contributed by atoms with Crippen molar-refractivity contribution in [3.63, 3.8) is 0 Å². The fraction of sp³-hybridized carbons (Fsp3) is 0.269. The third kappa shape index (κ3) is 4.55. The molecule has 174 valence electrons. The molecule has 1 aromatic carbocycles. The van der Waals surface area contributed by atoms with Crippen LogP contribution in [0.3, 0.4) is 0 Å². The van der Waals surface area contributed by atoms with Crippen molar-refractivity contribution in [1.29, 1.82) is 5.26 Å². The molecule has 0 bridgehead atoms. The summed E-state index contributed by atoms with van der Waals surface area (Å²) in [6.07, 6.45) is 8.81. The highest BCUT2D eigenvalue weighted by atomic mass is 35.5. The lowest BCUT2D eigenvalue weighted by Gasteiger charge is -2.08. The number of halogens is 1. The van der Waals surface area contributed by atoms with Crippen molar-refractivity contribution in [2.75, 3.05) is 10.6 Å². The minimum atomic E-state index is -0.217. The molecule has 6 rings (SSSR count). The van der Waals surface area contributed by atoms with Crippen molar-refractivity contribution in [3.8, 4) is 6.07 Å². The van der Waals surface area contributed by atoms with Gasteiger partial charge in [-0.05, 0) is 66.5 Å². The number of imidazole rings is 1. The highest BCUT2D eigenvalue weighted by Gasteiger charge is 2.45. The summed E-state index contributed by atoms with van der Waals surface area (Å²) in [5.74, 6) is 1.36. The zero-order valence-corrected chi connectivity index (χ0v) is 19.5. The maximum Gasteiger partial charge on any atom is 0.229 e. The van der Waals surface area contributed by atoms with E-state index in [0.29, 0.717) is 41.1 Å². The van der Waals surface area contributed by atoms with Crippen LogP contribution in [0.1, 0.15) is 53.5 Å². The van der Waals surface area contributed by atoms with E-state index in [1.165, 1.54) is 24.7 Å². The Kier molecular flexibility index (Phi) is 5.34. The first-order valence-electron chi connectivity index (χ1n) is 11.6. The van der Waals surface area contributed by atoms with Crippen LogP contribution < -0.4 is 10.6 Å². The van der Waals surface area contributed by atoms with Crippen LogP contribution in [-0.2, 0) is 11.3 Å². The number of hydrogen-bond donors (Lipinski definition) is 2. The first-order chi connectivity index (χ1) is 17.1. The number of aromatic nitrogens is 4. The SMILES string of the molecule is N#Cc1ccc(Cl)cc1[C@H]1C[C@@H]1C(=O)Nc1cc(NCc2cn3cc(C4CC4)ccc3n2)ncn1. The van der Waals surface area contributed by atoms with Crippen LogP contribution in [0.5, 0.6) is 0 Å². The van der Waals surface area contributed by atoms with E-state index in [-0.39, 0.29) is 17.7 Å². The highest BCUT2D eigenvalue weighted by Crippen LogP contribution is 2.49. The molecule has 9 heteroatoms. The van der Waals surface area contributed by atoms with Crippen LogP contribution >= 0.6 is 11.6 Å². The van der Waals surface area contributed by atoms with Crippen LogP contribution in [0.25, 0.3) is 5.65 Å². The van der Waals surface area contributed by atoms with Gasteiger partial charge in [0.25, 0.3) is 0 Å². The highest BCUT2D eigenvalue weighted by molar-refractivity contribution is 6.30. The summed E-state index contributed by atoms with van der Waals surface area (Å²) in [5, 5.41) is 16.1. The molecule has 2 saturated carbocycles. The number of pyridine rings is 1. The van der Waals surface area contributed by atoms with E-state index < -0.39 is 0 Å². The van der Waals surface area contributed by atoms with Crippen LogP contribution in [-0.4, -0.2) is 25.3 Å². The molecule has 35 heavy (non-hydrogen) atoms. The predicted octanol–water partition coefficient (Wildman–Crippen LogP) is 4.88. The summed E-state index contributed by atoms with van der Waals surface area (Å²) >= 11 is 6.10. The van der Waals surface area contributed by atoms with E-state index in [0.717, 1.165) is 16.9 Å². The van der Waals surface area contributed by atoms with Crippen molar-refractivity contribution >= 4 is 34.8 Å². The van der Waals surface area contributed by atoms with Gasteiger partial charge < -0.3 is 15.0 Å². The number of nitrogens with one attached hydrogen (secondary N) is 2. The molecular formula is C26H22ClN7O. The van der Waals surface area contributed by atoms with Gasteiger partial charge in [0.15, 0.2) is 0 Å². The van der Waals surface area contributed by atoms with Crippen LogP contribution in [0, 0.1) is 17.2 Å². The first kappa shape index (κ1) is 21.6. The Balaban J connectivity index is 1.09. The second-order valence-electron chi connectivity index (χ2n) is 9.16. The first-order valence-corrected chi connectivity index (χ1v) is 12.0. The maximum atomic E-state index is 12.8. The summed E-state index contributed by atoms with van der Waals surface area (Å²) in [7, 11) is 0. The van der Waals surface area contributed by atoms with Crippen LogP contribution in [0.15, 0.2) is 55.1 Å². The molecule has 3 aromatic heterocycles. The van der Waals surface area contributed by atoms with Crippen LogP contribution in [0.2, 0.25) is 5.02 Å². The van der Waals surface area contributed by atoms with Crippen molar-refractivity contribution in [1.82, 2.24) is 19.4 Å². The Morgan fingerprint density at radius 1 is 1.14 bits per heavy atom. The van der Waals surface area contributed by atoms with Crippen molar-refractivity contribution in [3.05, 3.63) is 82.5 Å². The minimum absolute atomic E-state index is 0.0155. The zero-order valence-electron chi connectivity index (χ0n) is 18.8. The average molecular weight is 484 g/mol. The second-order valence-corrected chi connectivity index (χ2v) is 9.59. The number of rotatable bonds is 7. The molecule has 2 N–H and O–H groups in total. The quantitative estimate of drug-likeness (QED) is 0.388. The fourth-order valence-corrected chi connectivity index (χ4v) is 4.68. The van der Waals surface area contributed by atoms with E-state index in [9.17, 15) is 10.1 Å². The third-order valence-corrected chi connectivity index (χ3v) is 6.84. The zero-order chi connectivity index (χ0) is 23.9. The molecule has 0 unspecified atom stereocenters. The third-order valence-electron chi connectivity index (χ3n) is 6.60. The number of nitrogens with zero attached hydrogens (tertiary/aromatic N) is 5. The Hall–Kier alpha value is -3.96. The van der Waals surface area contributed by atoms with E-state index in [1.54, 1.807) is 24.3 Å². The smallest absolute Gasteiger partial charge is 0.229 e. The summed E-state index contributed by atoms with van der Waals surface area (Å²) in [6.45, 7) is 0.501. The number of benzene rings is 1. The lowest BCUT2D eigenvalue weighted by molar-refractivity contribution is -0.117. The predicted molar refractivity (Wildman–Crippen MR) is 132 cm³/mol. The molecule has 0 saturated heterocycles. The molecule has 2 fully saturated rings. The molecule has 2 aliphatic carbocycles. The molecule has 2 atom stereocenters. The number of anilines is 2. The number of fused-ring (bicyclic) bond motifs is 1. The van der Waals surface area contributed by atoms with Gasteiger partial charge in [0.1, 0.15) is 23.6 Å². The standard InChI is InChI=1S/C26H22ClN7O/c27-18-5-3-16(10-28)20(7-18)21-8-22(21)26(35)33-24-9-23(30-14-31-24)29-11-19-13-34-12-17(15-1-2-15)4-6-25(34)32-19/h3-7,9,12-15,21-22H,1-2,8,11H2,(H2,29,30,31,33,35)/t21-,22+/m1/s1. The van der Waals surface area contributed by atoms with E-state index in [1.807, 2.05) is 6.20 Å². The van der Waals surface area contributed by atoms with Gasteiger partial charge in [-0.1, -0.05) is 17.7 Å². The molecule has 0 aliphatic heterocycles. The normalized spacial score (nSPS) is 18.7. The molecule has 1 amide bonds. The van der Waals surface area contributed by atoms with Crippen molar-refractivity contribution < 1.29 is 4.79 Å². The molecule has 0 radical (unpaired) electrons. The van der Waals surface area contributed by atoms with Gasteiger partial charge >= 0.3 is 0 Å².